The molecule has 1 aromatic carbocycles. The topological polar surface area (TPSA) is 50.4 Å². The standard InChI is InChI=1S/C12H14BrClN2O2/c1-18-11-8(13)5-7(14)6-10(11)16-12(17)9-3-2-4-15-9/h5-6,9,15H,2-4H2,1H3,(H,16,17). The summed E-state index contributed by atoms with van der Waals surface area (Å²) in [5, 5.41) is 6.53. The van der Waals surface area contributed by atoms with Crippen LogP contribution in [-0.2, 0) is 4.79 Å². The summed E-state index contributed by atoms with van der Waals surface area (Å²) in [6, 6.07) is 3.27. The summed E-state index contributed by atoms with van der Waals surface area (Å²) in [7, 11) is 1.55. The molecule has 18 heavy (non-hydrogen) atoms. The van der Waals surface area contributed by atoms with Gasteiger partial charge in [-0.1, -0.05) is 11.6 Å². The summed E-state index contributed by atoms with van der Waals surface area (Å²) >= 11 is 9.32. The van der Waals surface area contributed by atoms with E-state index in [0.29, 0.717) is 20.9 Å². The summed E-state index contributed by atoms with van der Waals surface area (Å²) in [4.78, 5) is 12.0. The van der Waals surface area contributed by atoms with Gasteiger partial charge in [-0.2, -0.15) is 0 Å². The van der Waals surface area contributed by atoms with Gasteiger partial charge in [0, 0.05) is 5.02 Å². The number of anilines is 1. The van der Waals surface area contributed by atoms with Crippen molar-refractivity contribution < 1.29 is 9.53 Å². The van der Waals surface area contributed by atoms with Crippen molar-refractivity contribution in [1.29, 1.82) is 0 Å². The number of benzene rings is 1. The highest BCUT2D eigenvalue weighted by Gasteiger charge is 2.23. The van der Waals surface area contributed by atoms with E-state index in [2.05, 4.69) is 26.6 Å². The van der Waals surface area contributed by atoms with Crippen molar-refractivity contribution in [3.63, 3.8) is 0 Å². The number of nitrogens with one attached hydrogen (secondary N) is 2. The lowest BCUT2D eigenvalue weighted by molar-refractivity contribution is -0.117. The van der Waals surface area contributed by atoms with Gasteiger partial charge in [-0.3, -0.25) is 4.79 Å². The smallest absolute Gasteiger partial charge is 0.241 e. The highest BCUT2D eigenvalue weighted by atomic mass is 79.9. The van der Waals surface area contributed by atoms with Crippen LogP contribution in [0.5, 0.6) is 5.75 Å². The fourth-order valence-electron chi connectivity index (χ4n) is 1.99. The maximum absolute atomic E-state index is 12.0. The molecule has 0 spiro atoms. The molecule has 1 fully saturated rings. The van der Waals surface area contributed by atoms with Crippen LogP contribution < -0.4 is 15.4 Å². The lowest BCUT2D eigenvalue weighted by atomic mass is 10.2. The SMILES string of the molecule is COc1c(Br)cc(Cl)cc1NC(=O)C1CCCN1. The molecule has 0 bridgehead atoms. The Bertz CT molecular complexity index is 462. The second-order valence-electron chi connectivity index (χ2n) is 4.11. The second kappa shape index (κ2) is 5.91. The van der Waals surface area contributed by atoms with Gasteiger partial charge in [-0.15, -0.1) is 0 Å². The van der Waals surface area contributed by atoms with Crippen LogP contribution in [0.1, 0.15) is 12.8 Å². The van der Waals surface area contributed by atoms with Gasteiger partial charge < -0.3 is 15.4 Å². The lowest BCUT2D eigenvalue weighted by Crippen LogP contribution is -2.35. The number of ether oxygens (including phenoxy) is 1. The summed E-state index contributed by atoms with van der Waals surface area (Å²) in [5.74, 6) is 0.519. The maximum atomic E-state index is 12.0. The molecule has 1 atom stereocenters. The van der Waals surface area contributed by atoms with Crippen LogP contribution in [0.3, 0.4) is 0 Å². The summed E-state index contributed by atoms with van der Waals surface area (Å²) in [6.07, 6.45) is 1.88. The predicted octanol–water partition coefficient (Wildman–Crippen LogP) is 2.80. The van der Waals surface area contributed by atoms with Gasteiger partial charge >= 0.3 is 0 Å². The van der Waals surface area contributed by atoms with Crippen LogP contribution >= 0.6 is 27.5 Å². The molecule has 1 saturated heterocycles. The van der Waals surface area contributed by atoms with Gasteiger partial charge in [0.15, 0.2) is 5.75 Å². The zero-order valence-electron chi connectivity index (χ0n) is 9.93. The van der Waals surface area contributed by atoms with E-state index in [1.165, 1.54) is 0 Å². The molecule has 1 heterocycles. The van der Waals surface area contributed by atoms with Crippen molar-refractivity contribution in [2.45, 2.75) is 18.9 Å². The van der Waals surface area contributed by atoms with E-state index in [1.807, 2.05) is 0 Å². The molecule has 1 aliphatic rings. The van der Waals surface area contributed by atoms with Crippen molar-refractivity contribution in [2.75, 3.05) is 19.0 Å². The summed E-state index contributed by atoms with van der Waals surface area (Å²) in [6.45, 7) is 0.883. The average Bonchev–Trinajstić information content (AvgIpc) is 2.81. The number of hydrogen-bond acceptors (Lipinski definition) is 3. The van der Waals surface area contributed by atoms with Crippen LogP contribution in [0.2, 0.25) is 5.02 Å². The third kappa shape index (κ3) is 2.96. The molecule has 1 aromatic rings. The van der Waals surface area contributed by atoms with Crippen LogP contribution in [0, 0.1) is 0 Å². The van der Waals surface area contributed by atoms with Crippen LogP contribution in [0.15, 0.2) is 16.6 Å². The first-order chi connectivity index (χ1) is 8.61. The Hall–Kier alpha value is -0.780. The quantitative estimate of drug-likeness (QED) is 0.894. The maximum Gasteiger partial charge on any atom is 0.241 e. The van der Waals surface area contributed by atoms with E-state index >= 15 is 0 Å². The average molecular weight is 334 g/mol. The van der Waals surface area contributed by atoms with Gasteiger partial charge in [0.25, 0.3) is 0 Å². The van der Waals surface area contributed by atoms with E-state index in [9.17, 15) is 4.79 Å². The Balaban J connectivity index is 2.19. The molecule has 0 radical (unpaired) electrons. The largest absolute Gasteiger partial charge is 0.493 e. The van der Waals surface area contributed by atoms with E-state index in [0.717, 1.165) is 19.4 Å². The molecule has 0 saturated carbocycles. The number of halogens is 2. The molecule has 2 rings (SSSR count). The van der Waals surface area contributed by atoms with Gasteiger partial charge in [0.05, 0.1) is 23.3 Å². The monoisotopic (exact) mass is 332 g/mol. The number of carbonyl (C=O) groups excluding carboxylic acids is 1. The number of carbonyl (C=O) groups is 1. The molecule has 0 aliphatic carbocycles. The van der Waals surface area contributed by atoms with Crippen molar-refractivity contribution >= 4 is 39.1 Å². The Morgan fingerprint density at radius 1 is 1.61 bits per heavy atom. The minimum Gasteiger partial charge on any atom is -0.493 e. The fraction of sp³-hybridized carbons (Fsp3) is 0.417. The van der Waals surface area contributed by atoms with E-state index in [1.54, 1.807) is 19.2 Å². The molecule has 4 nitrogen and oxygen atoms in total. The number of hydrogen-bond donors (Lipinski definition) is 2. The molecule has 1 aliphatic heterocycles. The molecule has 1 unspecified atom stereocenters. The minimum atomic E-state index is -0.132. The van der Waals surface area contributed by atoms with Gasteiger partial charge in [-0.25, -0.2) is 0 Å². The van der Waals surface area contributed by atoms with Crippen LogP contribution in [0.25, 0.3) is 0 Å². The van der Waals surface area contributed by atoms with E-state index in [-0.39, 0.29) is 11.9 Å². The van der Waals surface area contributed by atoms with Gasteiger partial charge in [-0.05, 0) is 47.4 Å². The van der Waals surface area contributed by atoms with Crippen LogP contribution in [0.4, 0.5) is 5.69 Å². The zero-order chi connectivity index (χ0) is 13.1. The fourth-order valence-corrected chi connectivity index (χ4v) is 2.96. The molecular weight excluding hydrogens is 320 g/mol. The predicted molar refractivity (Wildman–Crippen MR) is 75.4 cm³/mol. The summed E-state index contributed by atoms with van der Waals surface area (Å²) in [5.41, 5.74) is 0.579. The molecule has 6 heteroatoms. The normalized spacial score (nSPS) is 18.7. The number of amides is 1. The third-order valence-corrected chi connectivity index (χ3v) is 3.65. The first-order valence-electron chi connectivity index (χ1n) is 5.69. The third-order valence-electron chi connectivity index (χ3n) is 2.85. The highest BCUT2D eigenvalue weighted by molar-refractivity contribution is 9.10. The molecule has 2 N–H and O–H groups in total. The van der Waals surface area contributed by atoms with Gasteiger partial charge in [0.1, 0.15) is 0 Å². The molecule has 1 amide bonds. The zero-order valence-corrected chi connectivity index (χ0v) is 12.3. The first-order valence-corrected chi connectivity index (χ1v) is 6.86. The Morgan fingerprint density at radius 3 is 3.00 bits per heavy atom. The van der Waals surface area contributed by atoms with Crippen LogP contribution in [-0.4, -0.2) is 25.6 Å². The first kappa shape index (κ1) is 13.6. The van der Waals surface area contributed by atoms with Gasteiger partial charge in [0.2, 0.25) is 5.91 Å². The van der Waals surface area contributed by atoms with Crippen molar-refractivity contribution in [3.05, 3.63) is 21.6 Å². The van der Waals surface area contributed by atoms with Crippen molar-refractivity contribution in [1.82, 2.24) is 5.32 Å². The molecular formula is C12H14BrClN2O2. The number of rotatable bonds is 3. The van der Waals surface area contributed by atoms with Crippen molar-refractivity contribution in [3.8, 4) is 5.75 Å². The summed E-state index contributed by atoms with van der Waals surface area (Å²) < 4.78 is 5.97. The lowest BCUT2D eigenvalue weighted by Gasteiger charge is -2.15. The highest BCUT2D eigenvalue weighted by Crippen LogP contribution is 2.36. The number of methoxy groups -OCH3 is 1. The Kier molecular flexibility index (Phi) is 4.48. The van der Waals surface area contributed by atoms with E-state index in [4.69, 9.17) is 16.3 Å². The Morgan fingerprint density at radius 2 is 2.39 bits per heavy atom. The van der Waals surface area contributed by atoms with Crippen molar-refractivity contribution in [2.24, 2.45) is 0 Å². The second-order valence-corrected chi connectivity index (χ2v) is 5.40. The van der Waals surface area contributed by atoms with E-state index < -0.39 is 0 Å². The molecule has 0 aromatic heterocycles. The molecule has 98 valence electrons. The Labute approximate surface area is 119 Å². The minimum absolute atomic E-state index is 0.0556.